The molecule has 40 heavy (non-hydrogen) atoms. The molecule has 1 N–H and O–H groups in total. The quantitative estimate of drug-likeness (QED) is 0.194. The van der Waals surface area contributed by atoms with E-state index in [-0.39, 0.29) is 11.3 Å². The van der Waals surface area contributed by atoms with E-state index in [0.717, 1.165) is 12.1 Å². The molecule has 1 aliphatic rings. The maximum atomic E-state index is 13.4. The summed E-state index contributed by atoms with van der Waals surface area (Å²) in [6, 6.07) is 21.2. The van der Waals surface area contributed by atoms with Crippen LogP contribution in [0.4, 0.5) is 0 Å². The Hall–Kier alpha value is -4.30. The van der Waals surface area contributed by atoms with Crippen molar-refractivity contribution in [1.29, 1.82) is 0 Å². The number of carbonyl (C=O) groups excluding carboxylic acids is 2. The Labute approximate surface area is 235 Å². The number of ketones is 1. The molecular formula is C32H36N2O6. The predicted molar refractivity (Wildman–Crippen MR) is 154 cm³/mol. The van der Waals surface area contributed by atoms with E-state index in [2.05, 4.69) is 0 Å². The second-order valence-electron chi connectivity index (χ2n) is 9.79. The number of ether oxygens (including phenoxy) is 3. The number of hydrogen-bond donors (Lipinski definition) is 1. The van der Waals surface area contributed by atoms with Crippen molar-refractivity contribution >= 4 is 17.4 Å². The molecule has 0 saturated carbocycles. The number of likely N-dealkylation sites (tertiary alicyclic amines) is 1. The lowest BCUT2D eigenvalue weighted by Crippen LogP contribution is -2.32. The maximum absolute atomic E-state index is 13.4. The molecule has 1 fully saturated rings. The third-order valence-electron chi connectivity index (χ3n) is 6.73. The van der Waals surface area contributed by atoms with Crippen molar-refractivity contribution in [3.05, 3.63) is 95.1 Å². The van der Waals surface area contributed by atoms with E-state index in [0.29, 0.717) is 54.6 Å². The fourth-order valence-corrected chi connectivity index (χ4v) is 4.74. The Balaban J connectivity index is 1.75. The van der Waals surface area contributed by atoms with Crippen LogP contribution in [-0.2, 0) is 16.2 Å². The second kappa shape index (κ2) is 13.2. The summed E-state index contributed by atoms with van der Waals surface area (Å²) >= 11 is 0. The summed E-state index contributed by atoms with van der Waals surface area (Å²) in [5, 5.41) is 11.3. The Morgan fingerprint density at radius 2 is 1.68 bits per heavy atom. The van der Waals surface area contributed by atoms with E-state index in [1.54, 1.807) is 43.5 Å². The van der Waals surface area contributed by atoms with Crippen LogP contribution in [0, 0.1) is 0 Å². The first-order valence-electron chi connectivity index (χ1n) is 13.3. The van der Waals surface area contributed by atoms with Gasteiger partial charge in [-0.3, -0.25) is 9.59 Å². The van der Waals surface area contributed by atoms with Crippen molar-refractivity contribution in [3.63, 3.8) is 0 Å². The van der Waals surface area contributed by atoms with Crippen LogP contribution in [0.2, 0.25) is 0 Å². The van der Waals surface area contributed by atoms with E-state index < -0.39 is 17.7 Å². The van der Waals surface area contributed by atoms with Gasteiger partial charge in [0.25, 0.3) is 11.7 Å². The summed E-state index contributed by atoms with van der Waals surface area (Å²) in [6.45, 7) is 3.74. The molecule has 1 heterocycles. The minimum Gasteiger partial charge on any atom is -0.507 e. The molecule has 0 aliphatic carbocycles. The molecule has 1 aliphatic heterocycles. The molecule has 8 nitrogen and oxygen atoms in total. The monoisotopic (exact) mass is 544 g/mol. The highest BCUT2D eigenvalue weighted by molar-refractivity contribution is 6.46. The number of amides is 1. The van der Waals surface area contributed by atoms with Gasteiger partial charge in [0.05, 0.1) is 25.3 Å². The first-order valence-corrected chi connectivity index (χ1v) is 13.3. The number of carbonyl (C=O) groups is 2. The van der Waals surface area contributed by atoms with Gasteiger partial charge in [0, 0.05) is 12.1 Å². The molecule has 0 bridgehead atoms. The van der Waals surface area contributed by atoms with Gasteiger partial charge in [0.1, 0.15) is 18.1 Å². The number of hydrogen-bond acceptors (Lipinski definition) is 7. The highest BCUT2D eigenvalue weighted by Gasteiger charge is 2.46. The van der Waals surface area contributed by atoms with Crippen LogP contribution in [0.15, 0.2) is 78.4 Å². The zero-order chi connectivity index (χ0) is 28.6. The lowest BCUT2D eigenvalue weighted by Gasteiger charge is -2.26. The zero-order valence-corrected chi connectivity index (χ0v) is 23.4. The minimum atomic E-state index is -0.786. The predicted octanol–water partition coefficient (Wildman–Crippen LogP) is 5.05. The molecule has 0 radical (unpaired) electrons. The second-order valence-corrected chi connectivity index (χ2v) is 9.79. The average Bonchev–Trinajstić information content (AvgIpc) is 3.21. The van der Waals surface area contributed by atoms with Gasteiger partial charge in [-0.2, -0.15) is 0 Å². The van der Waals surface area contributed by atoms with Crippen molar-refractivity contribution in [1.82, 2.24) is 9.80 Å². The molecule has 210 valence electrons. The maximum Gasteiger partial charge on any atom is 0.295 e. The Morgan fingerprint density at radius 3 is 2.33 bits per heavy atom. The van der Waals surface area contributed by atoms with Crippen molar-refractivity contribution in [2.75, 3.05) is 40.9 Å². The smallest absolute Gasteiger partial charge is 0.295 e. The fraction of sp³-hybridized carbons (Fsp3) is 0.312. The topological polar surface area (TPSA) is 88.5 Å². The van der Waals surface area contributed by atoms with Crippen LogP contribution in [0.5, 0.6) is 17.2 Å². The fourth-order valence-electron chi connectivity index (χ4n) is 4.74. The van der Waals surface area contributed by atoms with E-state index in [4.69, 9.17) is 14.2 Å². The third kappa shape index (κ3) is 6.46. The van der Waals surface area contributed by atoms with Crippen LogP contribution in [0.1, 0.15) is 36.1 Å². The normalized spacial score (nSPS) is 16.4. The summed E-state index contributed by atoms with van der Waals surface area (Å²) in [4.78, 5) is 30.2. The zero-order valence-electron chi connectivity index (χ0n) is 23.4. The summed E-state index contributed by atoms with van der Waals surface area (Å²) in [7, 11) is 5.47. The van der Waals surface area contributed by atoms with Crippen molar-refractivity contribution in [2.45, 2.75) is 26.0 Å². The van der Waals surface area contributed by atoms with Gasteiger partial charge < -0.3 is 29.1 Å². The lowest BCUT2D eigenvalue weighted by molar-refractivity contribution is -0.139. The molecule has 0 aromatic heterocycles. The molecule has 8 heteroatoms. The van der Waals surface area contributed by atoms with Gasteiger partial charge in [-0.25, -0.2) is 0 Å². The summed E-state index contributed by atoms with van der Waals surface area (Å²) in [5.41, 5.74) is 2.13. The van der Waals surface area contributed by atoms with Gasteiger partial charge in [-0.05, 0) is 81.5 Å². The highest BCUT2D eigenvalue weighted by Crippen LogP contribution is 2.42. The third-order valence-corrected chi connectivity index (χ3v) is 6.73. The first-order chi connectivity index (χ1) is 19.3. The number of benzene rings is 3. The SMILES string of the molecule is CCOc1cc(C2/C(=C(\O)c3ccc(OC)cc3)C(=O)C(=O)N2CCCN(C)C)ccc1OCc1ccccc1. The lowest BCUT2D eigenvalue weighted by atomic mass is 9.95. The van der Waals surface area contributed by atoms with Crippen molar-refractivity contribution in [2.24, 2.45) is 0 Å². The molecule has 1 amide bonds. The number of methoxy groups -OCH3 is 1. The summed E-state index contributed by atoms with van der Waals surface area (Å²) < 4.78 is 17.2. The molecule has 3 aromatic carbocycles. The molecule has 4 rings (SSSR count). The van der Waals surface area contributed by atoms with Gasteiger partial charge in [0.2, 0.25) is 0 Å². The largest absolute Gasteiger partial charge is 0.507 e. The number of aliphatic hydroxyl groups is 1. The van der Waals surface area contributed by atoms with E-state index in [1.165, 1.54) is 4.90 Å². The number of aliphatic hydroxyl groups excluding tert-OH is 1. The molecular weight excluding hydrogens is 508 g/mol. The first kappa shape index (κ1) is 28.7. The van der Waals surface area contributed by atoms with E-state index in [9.17, 15) is 14.7 Å². The number of rotatable bonds is 12. The van der Waals surface area contributed by atoms with Gasteiger partial charge >= 0.3 is 0 Å². The molecule has 1 atom stereocenters. The number of Topliss-reactive ketones (excluding diaryl/α,β-unsaturated/α-hetero) is 1. The average molecular weight is 545 g/mol. The Kier molecular flexibility index (Phi) is 9.45. The molecule has 1 saturated heterocycles. The van der Waals surface area contributed by atoms with Gasteiger partial charge in [0.15, 0.2) is 11.5 Å². The molecule has 0 spiro atoms. The molecule has 1 unspecified atom stereocenters. The van der Waals surface area contributed by atoms with E-state index in [1.807, 2.05) is 62.3 Å². The van der Waals surface area contributed by atoms with Crippen molar-refractivity contribution in [3.8, 4) is 17.2 Å². The summed E-state index contributed by atoms with van der Waals surface area (Å²) in [5.74, 6) is 0.0771. The van der Waals surface area contributed by atoms with Crippen LogP contribution in [0.3, 0.4) is 0 Å². The van der Waals surface area contributed by atoms with Crippen LogP contribution in [0.25, 0.3) is 5.76 Å². The minimum absolute atomic E-state index is 0.0421. The van der Waals surface area contributed by atoms with Crippen LogP contribution < -0.4 is 14.2 Å². The Bertz CT molecular complexity index is 1350. The van der Waals surface area contributed by atoms with Gasteiger partial charge in [-0.15, -0.1) is 0 Å². The van der Waals surface area contributed by atoms with Crippen LogP contribution >= 0.6 is 0 Å². The highest BCUT2D eigenvalue weighted by atomic mass is 16.5. The summed E-state index contributed by atoms with van der Waals surface area (Å²) in [6.07, 6.45) is 0.662. The molecule has 3 aromatic rings. The Morgan fingerprint density at radius 1 is 0.950 bits per heavy atom. The van der Waals surface area contributed by atoms with Crippen molar-refractivity contribution < 1.29 is 28.9 Å². The van der Waals surface area contributed by atoms with Crippen LogP contribution in [-0.4, -0.2) is 67.5 Å². The van der Waals surface area contributed by atoms with Gasteiger partial charge in [-0.1, -0.05) is 36.4 Å². The standard InChI is InChI=1S/C32H36N2O6/c1-5-39-27-20-24(14-17-26(27)40-21-22-10-7-6-8-11-22)29-28(30(35)23-12-15-25(38-4)16-13-23)31(36)32(37)34(29)19-9-18-33(2)3/h6-8,10-17,20,29,35H,5,9,18-19,21H2,1-4H3/b30-28+. The van der Waals surface area contributed by atoms with E-state index >= 15 is 0 Å². The number of nitrogens with zero attached hydrogens (tertiary/aromatic N) is 2.